The number of methoxy groups -OCH3 is 3. The van der Waals surface area contributed by atoms with Crippen LogP contribution in [0.3, 0.4) is 0 Å². The summed E-state index contributed by atoms with van der Waals surface area (Å²) in [6.45, 7) is 10.9. The minimum absolute atomic E-state index is 0.107. The van der Waals surface area contributed by atoms with Crippen LogP contribution in [0.1, 0.15) is 16.7 Å². The van der Waals surface area contributed by atoms with E-state index in [1.54, 1.807) is 44.5 Å². The van der Waals surface area contributed by atoms with Crippen molar-refractivity contribution in [3.05, 3.63) is 265 Å². The zero-order valence-corrected chi connectivity index (χ0v) is 66.5. The van der Waals surface area contributed by atoms with Crippen molar-refractivity contribution in [1.29, 1.82) is 0 Å². The molecule has 0 atom stereocenters. The van der Waals surface area contributed by atoms with E-state index in [1.807, 2.05) is 209 Å². The lowest BCUT2D eigenvalue weighted by Crippen LogP contribution is -2.49. The summed E-state index contributed by atoms with van der Waals surface area (Å²) in [6.07, 6.45) is 5.51. The molecule has 0 aliphatic carbocycles. The van der Waals surface area contributed by atoms with E-state index in [9.17, 15) is 9.59 Å². The molecule has 13 aromatic rings. The molecular weight excluding hydrogens is 1540 g/mol. The third-order valence-electron chi connectivity index (χ3n) is 18.1. The van der Waals surface area contributed by atoms with Gasteiger partial charge < -0.3 is 53.8 Å². The highest BCUT2D eigenvalue weighted by atomic mass is 32.2. The normalized spacial score (nSPS) is 13.2. The number of H-pyrrole nitrogens is 1. The van der Waals surface area contributed by atoms with Crippen molar-refractivity contribution in [2.45, 2.75) is 29.8 Å². The Bertz CT molecular complexity index is 5390. The van der Waals surface area contributed by atoms with Crippen LogP contribution in [0.2, 0.25) is 0 Å². The zero-order valence-electron chi connectivity index (χ0n) is 63.2. The summed E-state index contributed by atoms with van der Waals surface area (Å²) in [5.41, 5.74) is 9.19. The molecule has 4 aliphatic rings. The molecule has 2 fully saturated rings. The summed E-state index contributed by atoms with van der Waals surface area (Å²) in [7, 11) is 4.85. The lowest BCUT2D eigenvalue weighted by Gasteiger charge is -2.36. The summed E-state index contributed by atoms with van der Waals surface area (Å²) in [6, 6.07) is 71.7. The predicted molar refractivity (Wildman–Crippen MR) is 448 cm³/mol. The number of fused-ring (bicyclic) bond motifs is 2. The van der Waals surface area contributed by atoms with Gasteiger partial charge in [-0.3, -0.25) is 53.1 Å². The number of carboxylic acids is 1. The highest BCUT2D eigenvalue weighted by Crippen LogP contribution is 2.36. The van der Waals surface area contributed by atoms with E-state index in [1.165, 1.54) is 22.9 Å². The second-order valence-electron chi connectivity index (χ2n) is 25.9. The highest BCUT2D eigenvalue weighted by molar-refractivity contribution is 8.00. The maximum absolute atomic E-state index is 12.5. The summed E-state index contributed by atoms with van der Waals surface area (Å²) in [5, 5.41) is 41.6. The highest BCUT2D eigenvalue weighted by Gasteiger charge is 2.24. The van der Waals surface area contributed by atoms with Crippen molar-refractivity contribution in [1.82, 2.24) is 79.3 Å². The van der Waals surface area contributed by atoms with Gasteiger partial charge in [0.05, 0.1) is 49.9 Å². The van der Waals surface area contributed by atoms with Gasteiger partial charge in [0.25, 0.3) is 0 Å². The number of pyridine rings is 3. The fraction of sp³-hybridized carbons (Fsp3) is 0.214. The summed E-state index contributed by atoms with van der Waals surface area (Å²) in [4.78, 5) is 43.5. The van der Waals surface area contributed by atoms with Gasteiger partial charge in [-0.15, -0.1) is 20.4 Å². The number of nitrogens with one attached hydrogen (secondary N) is 3. The number of Topliss-reactive ketones (excluding diaryl/α,β-unsaturated/α-hetero) is 1. The zero-order chi connectivity index (χ0) is 79.5. The second kappa shape index (κ2) is 40.9. The summed E-state index contributed by atoms with van der Waals surface area (Å²) >= 11 is 13.3. The fourth-order valence-electron chi connectivity index (χ4n) is 12.4. The molecule has 6 aromatic heterocycles. The molecule has 4 aliphatic heterocycles. The van der Waals surface area contributed by atoms with E-state index in [4.69, 9.17) is 62.7 Å². The molecule has 10 heterocycles. The third-order valence-corrected chi connectivity index (χ3v) is 20.6. The van der Waals surface area contributed by atoms with Crippen LogP contribution in [0.25, 0.3) is 51.6 Å². The molecule has 115 heavy (non-hydrogen) atoms. The molecule has 27 nitrogen and oxygen atoms in total. The van der Waals surface area contributed by atoms with Gasteiger partial charge in [-0.1, -0.05) is 121 Å². The minimum atomic E-state index is -0.917. The molecule has 7 aromatic carbocycles. The number of aromatic nitrogens is 12. The van der Waals surface area contributed by atoms with Crippen molar-refractivity contribution >= 4 is 70.5 Å². The average Bonchev–Trinajstić information content (AvgIpc) is 1.67. The number of para-hydroxylation sites is 1. The Morgan fingerprint density at radius 1 is 0.478 bits per heavy atom. The largest absolute Gasteiger partial charge is 0.497 e. The van der Waals surface area contributed by atoms with Gasteiger partial charge in [-0.25, -0.2) is 0 Å². The first kappa shape index (κ1) is 80.7. The standard InChI is InChI=1S/C23H20N4O2S.C19H21N3O2S.C16H14N4O3S.C14H12N4OS.C12H16N2O2/c1-29-20-11-7-10-18(15-20)27-22(21-12-5-6-13-24-21)25-26-23(27)30-16-19(28)14-17-8-3-2-4-9-17;25-19(20-16-4-2-1-3-5-16)22-10-8-21(9-11-22)13-15-6-7-17-18(12-15)24-14-23-17;1-23-12-6-4-5-11(9-12)20-15(13-7-2-3-8-17-13)18-19-16(20)24-10-14(21)22;1-19-11-6-4-5-10(9-11)18-13(16-17-14(18)20)12-7-2-3-8-15-12;1-2-11-12(16-9-15-11)7-10(1)8-14-5-3-13-4-6-14/h2-13,15H,14,16H2,1H3;1-7,12H,8-11,13-14H2,(H,20,25);2-9H,10H2,1H3,(H,21,22);2-9H,1H3,(H,17,20);1-2,7,13H,3-6,8-9H2. The van der Waals surface area contributed by atoms with Gasteiger partial charge in [0.2, 0.25) is 13.6 Å². The average molecular weight is 1620 g/mol. The Hall–Kier alpha value is -12.4. The Balaban J connectivity index is 0.000000127. The van der Waals surface area contributed by atoms with Crippen LogP contribution in [0.15, 0.2) is 253 Å². The van der Waals surface area contributed by atoms with Crippen LogP contribution in [0.5, 0.6) is 40.2 Å². The Morgan fingerprint density at radius 2 is 0.930 bits per heavy atom. The van der Waals surface area contributed by atoms with Crippen LogP contribution in [0.4, 0.5) is 5.69 Å². The maximum Gasteiger partial charge on any atom is 0.313 e. The van der Waals surface area contributed by atoms with Crippen molar-refractivity contribution < 1.29 is 47.9 Å². The molecule has 0 saturated carbocycles. The number of hydrogen-bond acceptors (Lipinski definition) is 24. The first-order valence-electron chi connectivity index (χ1n) is 36.7. The number of hydrogen-bond donors (Lipinski definition) is 4. The van der Waals surface area contributed by atoms with Gasteiger partial charge >= 0.3 is 5.97 Å². The molecule has 0 bridgehead atoms. The molecule has 588 valence electrons. The molecule has 17 rings (SSSR count). The van der Waals surface area contributed by atoms with Crippen molar-refractivity contribution in [3.8, 4) is 91.9 Å². The number of carbonyl (C=O) groups is 2. The van der Waals surface area contributed by atoms with E-state index in [0.29, 0.717) is 75.5 Å². The molecule has 2 saturated heterocycles. The molecule has 0 amide bonds. The SMILES string of the molecule is COc1cccc(-n2c(-c3ccccn3)n[nH]c2=S)c1.COc1cccc(-n2c(SCC(=O)Cc3ccccc3)nnc2-c2ccccn2)c1.COc1cccc(-n2c(SCC(=O)O)nnc2-c2ccccn2)c1.S=C(Nc1ccccc1)N1CCN(Cc2ccc3c(c2)OCO3)CC1.c1cc2c(cc1CN1CCNCC1)OCO2. The van der Waals surface area contributed by atoms with Gasteiger partial charge in [0.1, 0.15) is 40.1 Å². The number of carboxylic acid groups (broad SMARTS) is 1. The lowest BCUT2D eigenvalue weighted by molar-refractivity contribution is -0.134. The topological polar surface area (TPSA) is 286 Å². The maximum atomic E-state index is 12.5. The van der Waals surface area contributed by atoms with Gasteiger partial charge in [0.15, 0.2) is 60.7 Å². The molecule has 0 unspecified atom stereocenters. The second-order valence-corrected chi connectivity index (χ2v) is 28.5. The summed E-state index contributed by atoms with van der Waals surface area (Å²) < 4.78 is 43.4. The quantitative estimate of drug-likeness (QED) is 0.0362. The van der Waals surface area contributed by atoms with Crippen molar-refractivity contribution in [2.24, 2.45) is 0 Å². The monoisotopic (exact) mass is 1620 g/mol. The van der Waals surface area contributed by atoms with E-state index in [0.717, 1.165) is 151 Å². The molecule has 0 spiro atoms. The first-order chi connectivity index (χ1) is 56.4. The Morgan fingerprint density at radius 3 is 1.41 bits per heavy atom. The van der Waals surface area contributed by atoms with Crippen LogP contribution >= 0.6 is 48.0 Å². The third kappa shape index (κ3) is 22.3. The molecule has 31 heteroatoms. The number of thioether (sulfide) groups is 2. The lowest BCUT2D eigenvalue weighted by atomic mass is 10.1. The predicted octanol–water partition coefficient (Wildman–Crippen LogP) is 13.5. The van der Waals surface area contributed by atoms with Crippen LogP contribution < -0.4 is 43.8 Å². The number of piperazine rings is 2. The van der Waals surface area contributed by atoms with E-state index in [2.05, 4.69) is 95.1 Å². The number of thiocarbonyl (C=S) groups is 1. The molecular formula is C84H83N17O10S4. The van der Waals surface area contributed by atoms with E-state index < -0.39 is 5.97 Å². The fourth-order valence-corrected chi connectivity index (χ4v) is 14.4. The number of ketones is 1. The van der Waals surface area contributed by atoms with Crippen LogP contribution in [-0.2, 0) is 29.1 Å². The number of aliphatic carboxylic acids is 1. The Labute approximate surface area is 683 Å². The van der Waals surface area contributed by atoms with Gasteiger partial charge in [-0.2, -0.15) is 5.10 Å². The minimum Gasteiger partial charge on any atom is -0.497 e. The van der Waals surface area contributed by atoms with Crippen molar-refractivity contribution in [3.63, 3.8) is 0 Å². The Kier molecular flexibility index (Phi) is 28.7. The molecule has 0 radical (unpaired) electrons. The smallest absolute Gasteiger partial charge is 0.313 e. The van der Waals surface area contributed by atoms with E-state index in [-0.39, 0.29) is 11.5 Å². The first-order valence-corrected chi connectivity index (χ1v) is 39.5. The van der Waals surface area contributed by atoms with Crippen LogP contribution in [0, 0.1) is 4.77 Å². The number of nitrogens with zero attached hydrogens (tertiary/aromatic N) is 14. The van der Waals surface area contributed by atoms with Gasteiger partial charge in [-0.05, 0) is 150 Å². The van der Waals surface area contributed by atoms with Crippen molar-refractivity contribution in [2.75, 3.05) is 104 Å². The number of rotatable bonds is 22. The number of aromatic amines is 1. The number of benzene rings is 7. The van der Waals surface area contributed by atoms with E-state index >= 15 is 0 Å². The van der Waals surface area contributed by atoms with Crippen LogP contribution in [-0.4, -0.2) is 195 Å². The number of carbonyl (C=O) groups excluding carboxylic acids is 1. The summed E-state index contributed by atoms with van der Waals surface area (Å²) in [5.74, 6) is 6.84. The number of anilines is 1. The van der Waals surface area contributed by atoms with Gasteiger partial charge in [0, 0.05) is 114 Å². The molecule has 4 N–H and O–H groups in total. The number of ether oxygens (including phenoxy) is 7.